The summed E-state index contributed by atoms with van der Waals surface area (Å²) in [5, 5.41) is 2.29. The molecule has 0 unspecified atom stereocenters. The average molecular weight is 354 g/mol. The minimum absolute atomic E-state index is 0.0106. The maximum Gasteiger partial charge on any atom is 0.333 e. The molecule has 0 fully saturated rings. The van der Waals surface area contributed by atoms with Crippen LogP contribution in [0.5, 0.6) is 0 Å². The number of nitrogens with two attached hydrogens (primary N) is 1. The van der Waals surface area contributed by atoms with E-state index in [0.29, 0.717) is 0 Å². The molecule has 0 heterocycles. The zero-order chi connectivity index (χ0) is 17.0. The summed E-state index contributed by atoms with van der Waals surface area (Å²) in [6.45, 7) is 0. The maximum absolute atomic E-state index is 12.1. The molecule has 2 aromatic carbocycles. The van der Waals surface area contributed by atoms with Crippen LogP contribution in [0.25, 0.3) is 0 Å². The minimum atomic E-state index is -4.12. The van der Waals surface area contributed by atoms with Crippen LogP contribution in [0.1, 0.15) is 10.4 Å². The van der Waals surface area contributed by atoms with E-state index in [-0.39, 0.29) is 21.2 Å². The first-order valence-corrected chi connectivity index (χ1v) is 8.14. The highest BCUT2D eigenvalue weighted by atomic mass is 35.5. The third kappa shape index (κ3) is 4.21. The van der Waals surface area contributed by atoms with Crippen LogP contribution in [0.3, 0.4) is 0 Å². The van der Waals surface area contributed by atoms with Crippen molar-refractivity contribution in [2.45, 2.75) is 4.90 Å². The Morgan fingerprint density at radius 3 is 2.39 bits per heavy atom. The van der Waals surface area contributed by atoms with Crippen molar-refractivity contribution in [3.05, 3.63) is 59.1 Å². The molecule has 2 aromatic rings. The lowest BCUT2D eigenvalue weighted by molar-refractivity contribution is 0.1000. The number of urea groups is 1. The van der Waals surface area contributed by atoms with Crippen LogP contribution in [0.15, 0.2) is 53.4 Å². The van der Waals surface area contributed by atoms with E-state index in [1.165, 1.54) is 42.5 Å². The van der Waals surface area contributed by atoms with Gasteiger partial charge in [-0.3, -0.25) is 4.79 Å². The van der Waals surface area contributed by atoms with Crippen molar-refractivity contribution in [2.75, 3.05) is 5.32 Å². The van der Waals surface area contributed by atoms with Gasteiger partial charge in [0.25, 0.3) is 10.0 Å². The number of primary amides is 1. The lowest BCUT2D eigenvalue weighted by Crippen LogP contribution is -2.34. The summed E-state index contributed by atoms with van der Waals surface area (Å²) < 4.78 is 26.0. The third-order valence-corrected chi connectivity index (χ3v) is 4.59. The first kappa shape index (κ1) is 16.8. The summed E-state index contributed by atoms with van der Waals surface area (Å²) in [4.78, 5) is 22.7. The van der Waals surface area contributed by atoms with Crippen LogP contribution < -0.4 is 15.8 Å². The number of hydrogen-bond acceptors (Lipinski definition) is 4. The van der Waals surface area contributed by atoms with E-state index in [2.05, 4.69) is 5.32 Å². The number of nitrogens with one attached hydrogen (secondary N) is 2. The Morgan fingerprint density at radius 2 is 1.74 bits per heavy atom. The van der Waals surface area contributed by atoms with Gasteiger partial charge in [-0.2, -0.15) is 0 Å². The standard InChI is InChI=1S/C14H12ClN3O4S/c15-11-6-1-2-7-12(11)23(21,22)18-14(20)17-10-5-3-4-9(8-10)13(16)19/h1-8H,(H2,16,19)(H2,17,18,20). The normalized spacial score (nSPS) is 10.8. The predicted octanol–water partition coefficient (Wildman–Crippen LogP) is 1.95. The molecule has 0 spiro atoms. The van der Waals surface area contributed by atoms with Crippen LogP contribution in [0.2, 0.25) is 5.02 Å². The van der Waals surface area contributed by atoms with Gasteiger partial charge < -0.3 is 11.1 Å². The Balaban J connectivity index is 2.15. The number of halogens is 1. The van der Waals surface area contributed by atoms with Crippen LogP contribution in [-0.2, 0) is 10.0 Å². The Bertz CT molecular complexity index is 868. The molecule has 120 valence electrons. The largest absolute Gasteiger partial charge is 0.366 e. The molecule has 0 radical (unpaired) electrons. The maximum atomic E-state index is 12.1. The van der Waals surface area contributed by atoms with Gasteiger partial charge in [0, 0.05) is 11.3 Å². The summed E-state index contributed by atoms with van der Waals surface area (Å²) in [7, 11) is -4.12. The van der Waals surface area contributed by atoms with Gasteiger partial charge in [-0.15, -0.1) is 0 Å². The first-order valence-electron chi connectivity index (χ1n) is 6.28. The quantitative estimate of drug-likeness (QED) is 0.778. The number of benzene rings is 2. The van der Waals surface area contributed by atoms with Gasteiger partial charge in [-0.1, -0.05) is 29.8 Å². The van der Waals surface area contributed by atoms with Crippen molar-refractivity contribution < 1.29 is 18.0 Å². The fourth-order valence-corrected chi connectivity index (χ4v) is 3.17. The molecule has 3 amide bonds. The molecule has 9 heteroatoms. The molecular formula is C14H12ClN3O4S. The van der Waals surface area contributed by atoms with Gasteiger partial charge >= 0.3 is 6.03 Å². The molecular weight excluding hydrogens is 342 g/mol. The summed E-state index contributed by atoms with van der Waals surface area (Å²) in [6.07, 6.45) is 0. The fraction of sp³-hybridized carbons (Fsp3) is 0. The number of rotatable bonds is 4. The smallest absolute Gasteiger partial charge is 0.333 e. The molecule has 4 N–H and O–H groups in total. The molecule has 2 rings (SSSR count). The molecule has 0 atom stereocenters. The predicted molar refractivity (Wildman–Crippen MR) is 85.8 cm³/mol. The van der Waals surface area contributed by atoms with Gasteiger partial charge in [0.05, 0.1) is 5.02 Å². The van der Waals surface area contributed by atoms with E-state index in [9.17, 15) is 18.0 Å². The van der Waals surface area contributed by atoms with Crippen molar-refractivity contribution in [1.82, 2.24) is 4.72 Å². The summed E-state index contributed by atoms with van der Waals surface area (Å²) in [6, 6.07) is 10.5. The second-order valence-corrected chi connectivity index (χ2v) is 6.49. The summed E-state index contributed by atoms with van der Waals surface area (Å²) in [5.74, 6) is -0.669. The zero-order valence-corrected chi connectivity index (χ0v) is 13.2. The van der Waals surface area contributed by atoms with E-state index < -0.39 is 22.0 Å². The third-order valence-electron chi connectivity index (χ3n) is 2.76. The molecule has 0 bridgehead atoms. The first-order chi connectivity index (χ1) is 10.8. The SMILES string of the molecule is NC(=O)c1cccc(NC(=O)NS(=O)(=O)c2ccccc2Cl)c1. The topological polar surface area (TPSA) is 118 Å². The monoisotopic (exact) mass is 353 g/mol. The van der Waals surface area contributed by atoms with Crippen molar-refractivity contribution in [3.8, 4) is 0 Å². The van der Waals surface area contributed by atoms with E-state index in [1.54, 1.807) is 6.07 Å². The molecule has 0 aliphatic carbocycles. The number of carbonyl (C=O) groups excluding carboxylic acids is 2. The molecule has 0 aliphatic heterocycles. The Morgan fingerprint density at radius 1 is 1.04 bits per heavy atom. The van der Waals surface area contributed by atoms with Crippen molar-refractivity contribution in [1.29, 1.82) is 0 Å². The number of amides is 3. The molecule has 23 heavy (non-hydrogen) atoms. The van der Waals surface area contributed by atoms with Crippen LogP contribution in [0, 0.1) is 0 Å². The lowest BCUT2D eigenvalue weighted by Gasteiger charge is -2.10. The Labute approximate surface area is 137 Å². The number of carbonyl (C=O) groups is 2. The van der Waals surface area contributed by atoms with Crippen LogP contribution in [-0.4, -0.2) is 20.4 Å². The zero-order valence-electron chi connectivity index (χ0n) is 11.6. The summed E-state index contributed by atoms with van der Waals surface area (Å²) in [5.41, 5.74) is 5.52. The molecule has 7 nitrogen and oxygen atoms in total. The van der Waals surface area contributed by atoms with Crippen LogP contribution in [0.4, 0.5) is 10.5 Å². The minimum Gasteiger partial charge on any atom is -0.366 e. The Hall–Kier alpha value is -2.58. The van der Waals surface area contributed by atoms with Gasteiger partial charge in [0.15, 0.2) is 0 Å². The Kier molecular flexibility index (Phi) is 4.87. The highest BCUT2D eigenvalue weighted by Crippen LogP contribution is 2.20. The van der Waals surface area contributed by atoms with E-state index in [0.717, 1.165) is 0 Å². The molecule has 0 aromatic heterocycles. The second kappa shape index (κ2) is 6.67. The van der Waals surface area contributed by atoms with Gasteiger partial charge in [0.1, 0.15) is 4.90 Å². The van der Waals surface area contributed by atoms with E-state index >= 15 is 0 Å². The van der Waals surface area contributed by atoms with Gasteiger partial charge in [-0.25, -0.2) is 17.9 Å². The van der Waals surface area contributed by atoms with Gasteiger partial charge in [-0.05, 0) is 30.3 Å². The van der Waals surface area contributed by atoms with Crippen LogP contribution >= 0.6 is 11.6 Å². The number of sulfonamides is 1. The average Bonchev–Trinajstić information content (AvgIpc) is 2.47. The number of hydrogen-bond donors (Lipinski definition) is 3. The number of anilines is 1. The van der Waals surface area contributed by atoms with Crippen molar-refractivity contribution in [3.63, 3.8) is 0 Å². The highest BCUT2D eigenvalue weighted by molar-refractivity contribution is 7.90. The fourth-order valence-electron chi connectivity index (χ4n) is 1.75. The molecule has 0 aliphatic rings. The second-order valence-electron chi connectivity index (χ2n) is 4.44. The van der Waals surface area contributed by atoms with E-state index in [4.69, 9.17) is 17.3 Å². The van der Waals surface area contributed by atoms with E-state index in [1.807, 2.05) is 4.72 Å². The molecule has 0 saturated carbocycles. The highest BCUT2D eigenvalue weighted by Gasteiger charge is 2.20. The summed E-state index contributed by atoms with van der Waals surface area (Å²) >= 11 is 5.81. The lowest BCUT2D eigenvalue weighted by atomic mass is 10.2. The van der Waals surface area contributed by atoms with Gasteiger partial charge in [0.2, 0.25) is 5.91 Å². The van der Waals surface area contributed by atoms with Crippen molar-refractivity contribution >= 4 is 39.2 Å². The van der Waals surface area contributed by atoms with Crippen molar-refractivity contribution in [2.24, 2.45) is 5.73 Å². The molecule has 0 saturated heterocycles.